The standard InChI is InChI=1S/C22H27N5O6S/c1-14-9-18(22-26(10-19(29)30)15(2)16(3)27(22)12-23-13-28)20(21(31)24-14)25-34(32,33)11-17-7-5-4-6-8-17/h4-9,13,15,22,25H,3,10-12H2,1-2H3,(H,23,28)(H,24,31)(H,29,30). The largest absolute Gasteiger partial charge is 0.480 e. The maximum Gasteiger partial charge on any atom is 0.317 e. The number of carboxylic acids is 1. The van der Waals surface area contributed by atoms with Crippen LogP contribution in [-0.4, -0.2) is 59.9 Å². The number of carbonyl (C=O) groups is 2. The van der Waals surface area contributed by atoms with Crippen LogP contribution in [0.3, 0.4) is 0 Å². The SMILES string of the molecule is C=C1C(C)N(CC(=O)O)C(c2cc(C)[nH]c(=O)c2NS(=O)(=O)Cc2ccccc2)N1CNC=O. The first-order chi connectivity index (χ1) is 16.0. The average Bonchev–Trinajstić information content (AvgIpc) is 2.98. The van der Waals surface area contributed by atoms with Crippen LogP contribution in [0.25, 0.3) is 0 Å². The summed E-state index contributed by atoms with van der Waals surface area (Å²) in [5, 5.41) is 12.0. The van der Waals surface area contributed by atoms with E-state index in [9.17, 15) is 27.9 Å². The summed E-state index contributed by atoms with van der Waals surface area (Å²) < 4.78 is 28.3. The lowest BCUT2D eigenvalue weighted by Crippen LogP contribution is -2.40. The van der Waals surface area contributed by atoms with Crippen molar-refractivity contribution in [1.29, 1.82) is 0 Å². The monoisotopic (exact) mass is 489 g/mol. The van der Waals surface area contributed by atoms with E-state index in [1.54, 1.807) is 60.0 Å². The molecule has 1 amide bonds. The molecule has 1 fully saturated rings. The van der Waals surface area contributed by atoms with Crippen molar-refractivity contribution in [1.82, 2.24) is 20.1 Å². The molecular formula is C22H27N5O6S. The molecule has 0 saturated carbocycles. The summed E-state index contributed by atoms with van der Waals surface area (Å²) in [6.45, 7) is 6.99. The van der Waals surface area contributed by atoms with Gasteiger partial charge >= 0.3 is 5.97 Å². The number of carboxylic acid groups (broad SMARTS) is 1. The zero-order valence-electron chi connectivity index (χ0n) is 18.8. The molecule has 1 saturated heterocycles. The number of aliphatic carboxylic acids is 1. The van der Waals surface area contributed by atoms with Gasteiger partial charge in [0.05, 0.1) is 19.0 Å². The molecule has 12 heteroatoms. The molecule has 0 bridgehead atoms. The number of aryl methyl sites for hydroxylation is 1. The molecule has 1 aromatic carbocycles. The number of amides is 1. The molecular weight excluding hydrogens is 462 g/mol. The smallest absolute Gasteiger partial charge is 0.317 e. The summed E-state index contributed by atoms with van der Waals surface area (Å²) in [6, 6.07) is 9.63. The van der Waals surface area contributed by atoms with E-state index in [1.165, 1.54) is 0 Å². The number of pyridine rings is 1. The lowest BCUT2D eigenvalue weighted by molar-refractivity contribution is -0.139. The van der Waals surface area contributed by atoms with Gasteiger partial charge in [-0.15, -0.1) is 0 Å². The molecule has 4 N–H and O–H groups in total. The Balaban J connectivity index is 2.10. The number of benzene rings is 1. The van der Waals surface area contributed by atoms with Crippen molar-refractivity contribution < 1.29 is 23.1 Å². The number of nitrogens with one attached hydrogen (secondary N) is 3. The topological polar surface area (TPSA) is 152 Å². The van der Waals surface area contributed by atoms with E-state index >= 15 is 0 Å². The zero-order chi connectivity index (χ0) is 25.0. The minimum atomic E-state index is -3.99. The molecule has 0 radical (unpaired) electrons. The van der Waals surface area contributed by atoms with Crippen molar-refractivity contribution in [3.63, 3.8) is 0 Å². The summed E-state index contributed by atoms with van der Waals surface area (Å²) >= 11 is 0. The number of anilines is 1. The van der Waals surface area contributed by atoms with Gasteiger partial charge in [0.25, 0.3) is 5.56 Å². The van der Waals surface area contributed by atoms with Gasteiger partial charge in [-0.1, -0.05) is 36.9 Å². The highest BCUT2D eigenvalue weighted by atomic mass is 32.2. The van der Waals surface area contributed by atoms with Crippen LogP contribution < -0.4 is 15.6 Å². The Hall–Kier alpha value is -3.64. The Labute approximate surface area is 197 Å². The van der Waals surface area contributed by atoms with E-state index in [0.29, 0.717) is 23.4 Å². The van der Waals surface area contributed by atoms with Crippen LogP contribution >= 0.6 is 0 Å². The van der Waals surface area contributed by atoms with Gasteiger partial charge in [0, 0.05) is 23.0 Å². The predicted molar refractivity (Wildman–Crippen MR) is 126 cm³/mol. The molecule has 3 rings (SSSR count). The first kappa shape index (κ1) is 25.0. The fraction of sp³-hybridized carbons (Fsp3) is 0.318. The van der Waals surface area contributed by atoms with Gasteiger partial charge in [-0.3, -0.25) is 24.0 Å². The van der Waals surface area contributed by atoms with Crippen LogP contribution in [0.4, 0.5) is 5.69 Å². The number of carbonyl (C=O) groups excluding carboxylic acids is 1. The molecule has 11 nitrogen and oxygen atoms in total. The van der Waals surface area contributed by atoms with Crippen LogP contribution in [0.5, 0.6) is 0 Å². The summed E-state index contributed by atoms with van der Waals surface area (Å²) in [5.74, 6) is -1.47. The number of rotatable bonds is 10. The Morgan fingerprint density at radius 1 is 1.29 bits per heavy atom. The Kier molecular flexibility index (Phi) is 7.42. The molecule has 1 aliphatic heterocycles. The first-order valence-corrected chi connectivity index (χ1v) is 12.1. The highest BCUT2D eigenvalue weighted by Crippen LogP contribution is 2.40. The van der Waals surface area contributed by atoms with Gasteiger partial charge in [-0.25, -0.2) is 8.42 Å². The minimum Gasteiger partial charge on any atom is -0.480 e. The van der Waals surface area contributed by atoms with Crippen molar-refractivity contribution >= 4 is 28.1 Å². The van der Waals surface area contributed by atoms with Crippen LogP contribution in [0.15, 0.2) is 53.5 Å². The minimum absolute atomic E-state index is 0.0183. The molecule has 2 aromatic rings. The molecule has 1 aliphatic rings. The maximum atomic E-state index is 13.0. The number of sulfonamides is 1. The second-order valence-electron chi connectivity index (χ2n) is 8.02. The molecule has 34 heavy (non-hydrogen) atoms. The van der Waals surface area contributed by atoms with E-state index in [-0.39, 0.29) is 23.7 Å². The van der Waals surface area contributed by atoms with Gasteiger partial charge < -0.3 is 20.3 Å². The quantitative estimate of drug-likeness (QED) is 0.360. The highest BCUT2D eigenvalue weighted by Gasteiger charge is 2.43. The van der Waals surface area contributed by atoms with Crippen molar-refractivity contribution in [2.75, 3.05) is 17.9 Å². The van der Waals surface area contributed by atoms with E-state index in [2.05, 4.69) is 21.6 Å². The lowest BCUT2D eigenvalue weighted by atomic mass is 10.1. The van der Waals surface area contributed by atoms with Gasteiger partial charge in [0.2, 0.25) is 16.4 Å². The average molecular weight is 490 g/mol. The Bertz CT molecular complexity index is 1240. The van der Waals surface area contributed by atoms with Crippen molar-refractivity contribution in [2.24, 2.45) is 0 Å². The molecule has 1 aromatic heterocycles. The zero-order valence-corrected chi connectivity index (χ0v) is 19.6. The first-order valence-electron chi connectivity index (χ1n) is 10.4. The van der Waals surface area contributed by atoms with Crippen LogP contribution in [0.1, 0.15) is 29.9 Å². The Morgan fingerprint density at radius 3 is 2.59 bits per heavy atom. The van der Waals surface area contributed by atoms with E-state index < -0.39 is 40.3 Å². The van der Waals surface area contributed by atoms with Gasteiger partial charge in [-0.2, -0.15) is 0 Å². The molecule has 2 atom stereocenters. The third kappa shape index (κ3) is 5.46. The number of aromatic amines is 1. The van der Waals surface area contributed by atoms with Crippen molar-refractivity contribution in [3.05, 3.63) is 75.8 Å². The number of aromatic nitrogens is 1. The number of hydrogen-bond donors (Lipinski definition) is 4. The van der Waals surface area contributed by atoms with Crippen molar-refractivity contribution in [3.8, 4) is 0 Å². The summed E-state index contributed by atoms with van der Waals surface area (Å²) in [7, 11) is -3.99. The van der Waals surface area contributed by atoms with Crippen LogP contribution in [0.2, 0.25) is 0 Å². The molecule has 2 unspecified atom stereocenters. The summed E-state index contributed by atoms with van der Waals surface area (Å²) in [4.78, 5) is 41.3. The summed E-state index contributed by atoms with van der Waals surface area (Å²) in [5.41, 5.74) is 0.853. The molecule has 0 spiro atoms. The number of H-pyrrole nitrogens is 1. The number of hydrogen-bond acceptors (Lipinski definition) is 7. The fourth-order valence-electron chi connectivity index (χ4n) is 4.04. The van der Waals surface area contributed by atoms with E-state index in [4.69, 9.17) is 0 Å². The van der Waals surface area contributed by atoms with Crippen LogP contribution in [0, 0.1) is 6.92 Å². The molecule has 182 valence electrons. The van der Waals surface area contributed by atoms with Gasteiger partial charge in [-0.05, 0) is 25.5 Å². The van der Waals surface area contributed by atoms with E-state index in [0.717, 1.165) is 0 Å². The third-order valence-electron chi connectivity index (χ3n) is 5.55. The lowest BCUT2D eigenvalue weighted by Gasteiger charge is -2.32. The highest BCUT2D eigenvalue weighted by molar-refractivity contribution is 7.91. The summed E-state index contributed by atoms with van der Waals surface area (Å²) in [6.07, 6.45) is -0.386. The normalized spacial score (nSPS) is 18.6. The Morgan fingerprint density at radius 2 is 1.97 bits per heavy atom. The molecule has 2 heterocycles. The number of nitrogens with zero attached hydrogens (tertiary/aromatic N) is 2. The van der Waals surface area contributed by atoms with Gasteiger partial charge in [0.1, 0.15) is 11.9 Å². The third-order valence-corrected chi connectivity index (χ3v) is 6.78. The second-order valence-corrected chi connectivity index (χ2v) is 9.74. The van der Waals surface area contributed by atoms with Gasteiger partial charge in [0.15, 0.2) is 0 Å². The second kappa shape index (κ2) is 10.1. The maximum absolute atomic E-state index is 13.0. The van der Waals surface area contributed by atoms with E-state index in [1.807, 2.05) is 0 Å². The predicted octanol–water partition coefficient (Wildman–Crippen LogP) is 0.932. The van der Waals surface area contributed by atoms with Crippen molar-refractivity contribution in [2.45, 2.75) is 31.8 Å². The van der Waals surface area contributed by atoms with Crippen LogP contribution in [-0.2, 0) is 25.4 Å². The molecule has 0 aliphatic carbocycles. The fourth-order valence-corrected chi connectivity index (χ4v) is 5.26.